The summed E-state index contributed by atoms with van der Waals surface area (Å²) in [6, 6.07) is 0. The third kappa shape index (κ3) is 0.450. The Labute approximate surface area is 194 Å². The van der Waals surface area contributed by atoms with Gasteiger partial charge in [0.25, 0.3) is 0 Å². The van der Waals surface area contributed by atoms with Crippen LogP contribution in [0.4, 0.5) is 0 Å². The van der Waals surface area contributed by atoms with Crippen LogP contribution in [0.1, 0.15) is 45.4 Å². The molecule has 0 aromatic rings. The SMILES string of the molecule is CC1C2C3C4C5C6C7C8CC9C%10CCC%11%12C%10C98C7%11C67C%12C6C8C9C%10C%11CCCC1%11C2%10C39C48C567. The Morgan fingerprint density at radius 3 is 2.24 bits per heavy atom. The number of hydrogen-bond donors (Lipinski definition) is 0. The smallest absolute Gasteiger partial charge is 0.00680 e. The summed E-state index contributed by atoms with van der Waals surface area (Å²) >= 11 is 0. The van der Waals surface area contributed by atoms with Crippen molar-refractivity contribution in [2.45, 2.75) is 45.4 Å². The molecule has 26 unspecified atom stereocenters. The van der Waals surface area contributed by atoms with E-state index in [2.05, 4.69) is 6.92 Å². The Morgan fingerprint density at radius 2 is 1.30 bits per heavy atom. The third-order valence-electron chi connectivity index (χ3n) is 23.9. The van der Waals surface area contributed by atoms with Crippen LogP contribution in [0.3, 0.4) is 0 Å². The molecule has 0 aromatic heterocycles. The minimum absolute atomic E-state index is 0.950. The fraction of sp³-hybridized carbons (Fsp3) is 1.00. The second-order valence-corrected chi connectivity index (χ2v) is 19.3. The van der Waals surface area contributed by atoms with Gasteiger partial charge in [-0.15, -0.1) is 0 Å². The minimum Gasteiger partial charge on any atom is -0.0616 e. The molecule has 0 heteroatoms. The average molecular weight is 429 g/mol. The summed E-state index contributed by atoms with van der Waals surface area (Å²) in [7, 11) is 0. The topological polar surface area (TPSA) is 0 Å². The predicted octanol–water partition coefficient (Wildman–Crippen LogP) is 4.94. The highest BCUT2D eigenvalue weighted by Gasteiger charge is 3.35. The Bertz CT molecular complexity index is 1510. The lowest BCUT2D eigenvalue weighted by Crippen LogP contribution is -3.33. The molecule has 0 saturated heterocycles. The van der Waals surface area contributed by atoms with Crippen LogP contribution in [0.25, 0.3) is 0 Å². The summed E-state index contributed by atoms with van der Waals surface area (Å²) in [5.41, 5.74) is 9.42. The highest BCUT2D eigenvalue weighted by atomic mass is 15.4. The molecule has 0 amide bonds. The Kier molecular flexibility index (Phi) is 1.02. The zero-order valence-corrected chi connectivity index (χ0v) is 19.6. The van der Waals surface area contributed by atoms with Crippen LogP contribution in [0.5, 0.6) is 0 Å². The standard InChI is InChI=1S/C33H32/c1-8-13-16-19-20-18-15-12-7-11-9-4-6-26-23(9)27(11,12)33(15,26)32(18)24(26)22-21-17-14-10-3-2-5-25(8,10)28(13,14)29(16,17)30(19,21)31(20,22)32/h8-24H,2-7H2,1H3. The van der Waals surface area contributed by atoms with Gasteiger partial charge in [-0.25, -0.2) is 0 Å². The van der Waals surface area contributed by atoms with Gasteiger partial charge in [-0.05, 0) is 181 Å². The summed E-state index contributed by atoms with van der Waals surface area (Å²) in [5.74, 6) is 22.4. The van der Waals surface area contributed by atoms with Crippen LogP contribution >= 0.6 is 0 Å². The molecule has 0 heterocycles. The molecule has 18 saturated carbocycles. The molecule has 26 atom stereocenters. The zero-order valence-electron chi connectivity index (χ0n) is 19.6. The zero-order chi connectivity index (χ0) is 19.6. The van der Waals surface area contributed by atoms with Gasteiger partial charge in [0.2, 0.25) is 0 Å². The number of fused-ring (bicyclic) bond motifs is 12. The van der Waals surface area contributed by atoms with Crippen LogP contribution in [0.15, 0.2) is 0 Å². The largest absolute Gasteiger partial charge is 0.0616 e. The molecule has 18 rings (SSSR count). The molecule has 18 fully saturated rings. The molecule has 18 aliphatic carbocycles. The molecule has 0 aromatic carbocycles. The molecular weight excluding hydrogens is 396 g/mol. The number of hydrogen-bond acceptors (Lipinski definition) is 0. The van der Waals surface area contributed by atoms with Crippen LogP contribution in [-0.2, 0) is 0 Å². The second-order valence-electron chi connectivity index (χ2n) is 19.3. The molecule has 164 valence electrons. The van der Waals surface area contributed by atoms with Gasteiger partial charge in [0, 0.05) is 0 Å². The molecule has 0 nitrogen and oxygen atoms in total. The van der Waals surface area contributed by atoms with Crippen molar-refractivity contribution >= 4 is 0 Å². The predicted molar refractivity (Wildman–Crippen MR) is 115 cm³/mol. The van der Waals surface area contributed by atoms with Crippen LogP contribution in [0, 0.1) is 149 Å². The maximum Gasteiger partial charge on any atom is -0.00680 e. The lowest BCUT2D eigenvalue weighted by molar-refractivity contribution is -0.898. The quantitative estimate of drug-likeness (QED) is 0.512. The fourth-order valence-corrected chi connectivity index (χ4v) is 27.8. The van der Waals surface area contributed by atoms with Gasteiger partial charge < -0.3 is 0 Å². The Morgan fingerprint density at radius 1 is 0.545 bits per heavy atom. The van der Waals surface area contributed by atoms with E-state index < -0.39 is 0 Å². The molecule has 18 aliphatic rings. The van der Waals surface area contributed by atoms with Gasteiger partial charge >= 0.3 is 0 Å². The van der Waals surface area contributed by atoms with Crippen molar-refractivity contribution in [1.82, 2.24) is 0 Å². The molecule has 33 heavy (non-hydrogen) atoms. The molecule has 0 N–H and O–H groups in total. The Balaban J connectivity index is 0.955. The molecule has 9 spiro atoms. The monoisotopic (exact) mass is 428 g/mol. The third-order valence-corrected chi connectivity index (χ3v) is 23.9. The summed E-state index contributed by atoms with van der Waals surface area (Å²) in [6.45, 7) is 2.81. The lowest BCUT2D eigenvalue weighted by Gasteiger charge is -3.35. The van der Waals surface area contributed by atoms with E-state index in [9.17, 15) is 0 Å². The maximum absolute atomic E-state index is 2.81. The maximum atomic E-state index is 2.81. The van der Waals surface area contributed by atoms with E-state index in [0.29, 0.717) is 0 Å². The summed E-state index contributed by atoms with van der Waals surface area (Å²) in [5, 5.41) is 0. The normalized spacial score (nSPS) is 112. The molecule has 0 radical (unpaired) electrons. The van der Waals surface area contributed by atoms with Crippen molar-refractivity contribution in [2.24, 2.45) is 149 Å². The van der Waals surface area contributed by atoms with E-state index in [0.717, 1.165) is 48.7 Å². The average Bonchev–Trinajstić information content (AvgIpc) is 3.24. The first-order chi connectivity index (χ1) is 16.3. The van der Waals surface area contributed by atoms with E-state index in [1.54, 1.807) is 38.5 Å². The highest BCUT2D eigenvalue weighted by Crippen LogP contribution is 3.37. The van der Waals surface area contributed by atoms with Gasteiger partial charge in [0.05, 0.1) is 0 Å². The van der Waals surface area contributed by atoms with Crippen LogP contribution in [-0.4, -0.2) is 0 Å². The molecule has 0 bridgehead atoms. The lowest BCUT2D eigenvalue weighted by atomic mass is 8.68. The van der Waals surface area contributed by atoms with Gasteiger partial charge in [-0.2, -0.15) is 0 Å². The van der Waals surface area contributed by atoms with Crippen molar-refractivity contribution in [2.75, 3.05) is 0 Å². The van der Waals surface area contributed by atoms with E-state index in [1.807, 2.05) is 0 Å². The first-order valence-electron chi connectivity index (χ1n) is 16.3. The number of rotatable bonds is 0. The van der Waals surface area contributed by atoms with Crippen molar-refractivity contribution < 1.29 is 0 Å². The van der Waals surface area contributed by atoms with Gasteiger partial charge in [0.15, 0.2) is 0 Å². The first kappa shape index (κ1) is 13.5. The van der Waals surface area contributed by atoms with Crippen molar-refractivity contribution in [3.63, 3.8) is 0 Å². The van der Waals surface area contributed by atoms with E-state index in [1.165, 1.54) is 101 Å². The van der Waals surface area contributed by atoms with Crippen molar-refractivity contribution in [3.05, 3.63) is 0 Å². The van der Waals surface area contributed by atoms with Gasteiger partial charge in [0.1, 0.15) is 0 Å². The molecular formula is C33H32. The van der Waals surface area contributed by atoms with Crippen molar-refractivity contribution in [3.8, 4) is 0 Å². The van der Waals surface area contributed by atoms with Gasteiger partial charge in [-0.3, -0.25) is 0 Å². The van der Waals surface area contributed by atoms with Gasteiger partial charge in [-0.1, -0.05) is 13.3 Å². The summed E-state index contributed by atoms with van der Waals surface area (Å²) < 4.78 is 0. The van der Waals surface area contributed by atoms with Crippen molar-refractivity contribution in [1.29, 1.82) is 0 Å². The Hall–Kier alpha value is 0. The molecule has 0 aliphatic heterocycles. The van der Waals surface area contributed by atoms with E-state index in [4.69, 9.17) is 0 Å². The first-order valence-corrected chi connectivity index (χ1v) is 16.3. The fourth-order valence-electron chi connectivity index (χ4n) is 27.8. The summed E-state index contributed by atoms with van der Waals surface area (Å²) in [4.78, 5) is 0. The van der Waals surface area contributed by atoms with E-state index >= 15 is 0 Å². The van der Waals surface area contributed by atoms with Crippen LogP contribution < -0.4 is 0 Å². The highest BCUT2D eigenvalue weighted by molar-refractivity contribution is 5.80. The van der Waals surface area contributed by atoms with E-state index in [-0.39, 0.29) is 0 Å². The summed E-state index contributed by atoms with van der Waals surface area (Å²) in [6.07, 6.45) is 10.3. The minimum atomic E-state index is 0.950. The van der Waals surface area contributed by atoms with Crippen LogP contribution in [0.2, 0.25) is 0 Å². The second kappa shape index (κ2) is 2.50.